The second kappa shape index (κ2) is 11.3. The average Bonchev–Trinajstić information content (AvgIpc) is 2.97. The summed E-state index contributed by atoms with van der Waals surface area (Å²) in [7, 11) is 2.32. The van der Waals surface area contributed by atoms with E-state index in [1.54, 1.807) is 30.3 Å². The average molecular weight is 527 g/mol. The molecule has 3 aromatic rings. The summed E-state index contributed by atoms with van der Waals surface area (Å²) in [4.78, 5) is 40.2. The highest BCUT2D eigenvalue weighted by molar-refractivity contribution is 6.07. The van der Waals surface area contributed by atoms with Gasteiger partial charge in [-0.05, 0) is 54.1 Å². The third kappa shape index (κ3) is 5.19. The minimum atomic E-state index is -0.991. The third-order valence-electron chi connectivity index (χ3n) is 6.10. The summed E-state index contributed by atoms with van der Waals surface area (Å²) in [5, 5.41) is 12.8. The molecule has 0 aromatic heterocycles. The van der Waals surface area contributed by atoms with Crippen LogP contribution in [0, 0.1) is 17.1 Å². The fraction of sp³-hybridized carbons (Fsp3) is 0.103. The molecule has 0 spiro atoms. The number of allylic oxidation sites excluding steroid dienone is 1. The van der Waals surface area contributed by atoms with Crippen LogP contribution in [0.25, 0.3) is 0 Å². The number of anilines is 2. The zero-order valence-corrected chi connectivity index (χ0v) is 21.0. The number of amides is 1. The lowest BCUT2D eigenvalue weighted by atomic mass is 9.81. The predicted molar refractivity (Wildman–Crippen MR) is 140 cm³/mol. The second-order valence-corrected chi connectivity index (χ2v) is 8.34. The van der Waals surface area contributed by atoms with Gasteiger partial charge in [0.05, 0.1) is 37.4 Å². The van der Waals surface area contributed by atoms with Gasteiger partial charge in [-0.2, -0.15) is 5.26 Å². The van der Waals surface area contributed by atoms with Gasteiger partial charge in [0.1, 0.15) is 17.3 Å². The van der Waals surface area contributed by atoms with E-state index in [9.17, 15) is 24.0 Å². The van der Waals surface area contributed by atoms with Crippen molar-refractivity contribution in [3.05, 3.63) is 118 Å². The Morgan fingerprint density at radius 2 is 1.54 bits per heavy atom. The summed E-state index contributed by atoms with van der Waals surface area (Å²) >= 11 is 0. The highest BCUT2D eigenvalue weighted by atomic mass is 19.1. The number of ether oxygens (including phenoxy) is 2. The Morgan fingerprint density at radius 1 is 0.923 bits per heavy atom. The molecule has 1 atom stereocenters. The molecule has 0 bridgehead atoms. The number of carbonyl (C=O) groups is 3. The number of nitrogens with zero attached hydrogens (tertiary/aromatic N) is 2. The molecule has 9 nitrogen and oxygen atoms in total. The van der Waals surface area contributed by atoms with Crippen molar-refractivity contribution < 1.29 is 28.2 Å². The van der Waals surface area contributed by atoms with Crippen LogP contribution >= 0.6 is 0 Å². The van der Waals surface area contributed by atoms with Gasteiger partial charge in [-0.3, -0.25) is 9.69 Å². The molecule has 1 amide bonds. The van der Waals surface area contributed by atoms with E-state index in [2.05, 4.69) is 11.4 Å². The monoisotopic (exact) mass is 526 g/mol. The molecular formula is C29H23FN4O5. The van der Waals surface area contributed by atoms with Gasteiger partial charge >= 0.3 is 11.9 Å². The van der Waals surface area contributed by atoms with E-state index in [1.165, 1.54) is 60.5 Å². The van der Waals surface area contributed by atoms with Crippen LogP contribution in [0.15, 0.2) is 102 Å². The molecule has 1 unspecified atom stereocenters. The standard InChI is InChI=1S/C29H23FN4O5/c1-38-28(36)24-23(17-6-4-3-5-7-17)22(16-31)26(32)34(25(24)29(37)39-2)21-14-8-18(9-15-21)27(35)33-20-12-10-19(30)11-13-20/h3-15,23H,32H2,1-2H3,(H,33,35). The van der Waals surface area contributed by atoms with E-state index < -0.39 is 29.6 Å². The summed E-state index contributed by atoms with van der Waals surface area (Å²) in [6, 6.07) is 22.0. The lowest BCUT2D eigenvalue weighted by molar-refractivity contribution is -0.139. The minimum Gasteiger partial charge on any atom is -0.466 e. The number of hydrogen-bond acceptors (Lipinski definition) is 8. The molecule has 4 rings (SSSR count). The summed E-state index contributed by atoms with van der Waals surface area (Å²) in [5.74, 6) is -3.70. The first-order valence-corrected chi connectivity index (χ1v) is 11.6. The van der Waals surface area contributed by atoms with Gasteiger partial charge < -0.3 is 20.5 Å². The quantitative estimate of drug-likeness (QED) is 0.461. The van der Waals surface area contributed by atoms with Crippen molar-refractivity contribution in [3.8, 4) is 6.07 Å². The van der Waals surface area contributed by atoms with E-state index in [-0.39, 0.29) is 33.9 Å². The molecule has 0 aliphatic carbocycles. The van der Waals surface area contributed by atoms with Gasteiger partial charge in [-0.25, -0.2) is 14.0 Å². The van der Waals surface area contributed by atoms with Crippen molar-refractivity contribution in [2.45, 2.75) is 5.92 Å². The van der Waals surface area contributed by atoms with Crippen molar-refractivity contribution in [1.82, 2.24) is 0 Å². The fourth-order valence-corrected chi connectivity index (χ4v) is 4.28. The Labute approximate surface area is 223 Å². The molecule has 3 N–H and O–H groups in total. The second-order valence-electron chi connectivity index (χ2n) is 8.34. The molecule has 0 saturated carbocycles. The van der Waals surface area contributed by atoms with Crippen LogP contribution in [0.5, 0.6) is 0 Å². The van der Waals surface area contributed by atoms with E-state index in [4.69, 9.17) is 15.2 Å². The number of nitriles is 1. The molecule has 3 aromatic carbocycles. The Hall–Kier alpha value is -5.43. The molecular weight excluding hydrogens is 503 g/mol. The van der Waals surface area contributed by atoms with Crippen LogP contribution in [-0.2, 0) is 19.1 Å². The Bertz CT molecular complexity index is 1520. The summed E-state index contributed by atoms with van der Waals surface area (Å²) < 4.78 is 23.2. The van der Waals surface area contributed by atoms with E-state index in [0.29, 0.717) is 11.3 Å². The molecule has 0 saturated heterocycles. The summed E-state index contributed by atoms with van der Waals surface area (Å²) in [5.41, 5.74) is 7.63. The molecule has 39 heavy (non-hydrogen) atoms. The van der Waals surface area contributed by atoms with Crippen molar-refractivity contribution in [3.63, 3.8) is 0 Å². The van der Waals surface area contributed by atoms with Crippen LogP contribution in [0.1, 0.15) is 21.8 Å². The Balaban J connectivity index is 1.82. The normalized spacial score (nSPS) is 14.9. The minimum absolute atomic E-state index is 0.0207. The zero-order chi connectivity index (χ0) is 28.1. The largest absolute Gasteiger partial charge is 0.466 e. The molecule has 1 aliphatic rings. The maximum atomic E-state index is 13.2. The lowest BCUT2D eigenvalue weighted by Crippen LogP contribution is -2.40. The number of nitrogens with two attached hydrogens (primary N) is 1. The van der Waals surface area contributed by atoms with Crippen LogP contribution in [0.2, 0.25) is 0 Å². The number of rotatable bonds is 6. The van der Waals surface area contributed by atoms with Crippen LogP contribution in [0.4, 0.5) is 15.8 Å². The molecule has 1 aliphatic heterocycles. The van der Waals surface area contributed by atoms with E-state index in [0.717, 1.165) is 7.11 Å². The molecule has 1 heterocycles. The molecule has 0 radical (unpaired) electrons. The van der Waals surface area contributed by atoms with Gasteiger partial charge in [0.2, 0.25) is 0 Å². The molecule has 10 heteroatoms. The van der Waals surface area contributed by atoms with E-state index in [1.807, 2.05) is 0 Å². The zero-order valence-electron chi connectivity index (χ0n) is 21.0. The highest BCUT2D eigenvalue weighted by Crippen LogP contribution is 2.43. The topological polar surface area (TPSA) is 135 Å². The van der Waals surface area contributed by atoms with Crippen molar-refractivity contribution >= 4 is 29.2 Å². The Morgan fingerprint density at radius 3 is 2.10 bits per heavy atom. The first kappa shape index (κ1) is 26.6. The number of esters is 2. The SMILES string of the molecule is COC(=O)C1=C(C(=O)OC)N(c2ccc(C(=O)Nc3ccc(F)cc3)cc2)C(N)=C(C#N)C1c1ccccc1. The number of methoxy groups -OCH3 is 2. The number of nitrogens with one attached hydrogen (secondary N) is 1. The van der Waals surface area contributed by atoms with Gasteiger partial charge in [-0.15, -0.1) is 0 Å². The van der Waals surface area contributed by atoms with Gasteiger partial charge in [-0.1, -0.05) is 30.3 Å². The summed E-state index contributed by atoms with van der Waals surface area (Å²) in [6.07, 6.45) is 0. The van der Waals surface area contributed by atoms with Crippen molar-refractivity contribution in [1.29, 1.82) is 5.26 Å². The van der Waals surface area contributed by atoms with Gasteiger partial charge in [0, 0.05) is 16.9 Å². The van der Waals surface area contributed by atoms with E-state index >= 15 is 0 Å². The Kier molecular flexibility index (Phi) is 7.72. The van der Waals surface area contributed by atoms with Crippen LogP contribution in [0.3, 0.4) is 0 Å². The van der Waals surface area contributed by atoms with Gasteiger partial charge in [0.15, 0.2) is 0 Å². The predicted octanol–water partition coefficient (Wildman–Crippen LogP) is 3.98. The van der Waals surface area contributed by atoms with Crippen LogP contribution < -0.4 is 16.0 Å². The maximum absolute atomic E-state index is 13.2. The third-order valence-corrected chi connectivity index (χ3v) is 6.10. The van der Waals surface area contributed by atoms with Gasteiger partial charge in [0.25, 0.3) is 5.91 Å². The van der Waals surface area contributed by atoms with Crippen LogP contribution in [-0.4, -0.2) is 32.1 Å². The molecule has 196 valence electrons. The first-order valence-electron chi connectivity index (χ1n) is 11.6. The summed E-state index contributed by atoms with van der Waals surface area (Å²) in [6.45, 7) is 0. The highest BCUT2D eigenvalue weighted by Gasteiger charge is 2.42. The molecule has 0 fully saturated rings. The smallest absolute Gasteiger partial charge is 0.355 e. The first-order chi connectivity index (χ1) is 18.8. The number of hydrogen-bond donors (Lipinski definition) is 2. The lowest BCUT2D eigenvalue weighted by Gasteiger charge is -2.35. The number of halogens is 1. The van der Waals surface area contributed by atoms with Crippen molar-refractivity contribution in [2.24, 2.45) is 5.73 Å². The fourth-order valence-electron chi connectivity index (χ4n) is 4.28. The van der Waals surface area contributed by atoms with Crippen molar-refractivity contribution in [2.75, 3.05) is 24.4 Å². The number of carbonyl (C=O) groups excluding carboxylic acids is 3. The number of benzene rings is 3. The maximum Gasteiger partial charge on any atom is 0.355 e.